The number of nitrogens with one attached hydrogen (secondary N) is 3. The Morgan fingerprint density at radius 3 is 2.61 bits per heavy atom. The number of fused-ring (bicyclic) bond motifs is 1. The summed E-state index contributed by atoms with van der Waals surface area (Å²) in [7, 11) is 0. The average molecular weight is 375 g/mol. The van der Waals surface area contributed by atoms with E-state index in [0.717, 1.165) is 11.0 Å². The number of aromatic amines is 2. The van der Waals surface area contributed by atoms with Crippen LogP contribution in [0.15, 0.2) is 54.7 Å². The lowest BCUT2D eigenvalue weighted by Gasteiger charge is -2.22. The van der Waals surface area contributed by atoms with E-state index >= 15 is 0 Å². The number of amides is 1. The van der Waals surface area contributed by atoms with Crippen LogP contribution in [-0.4, -0.2) is 31.7 Å². The number of carbonyl (C=O) groups is 1. The van der Waals surface area contributed by atoms with Gasteiger partial charge < -0.3 is 15.0 Å². The summed E-state index contributed by atoms with van der Waals surface area (Å²) in [5.41, 5.74) is 2.86. The molecule has 28 heavy (non-hydrogen) atoms. The average Bonchev–Trinajstić information content (AvgIpc) is 3.26. The van der Waals surface area contributed by atoms with Crippen molar-refractivity contribution in [3.63, 3.8) is 0 Å². The quantitative estimate of drug-likeness (QED) is 0.493. The molecule has 2 aromatic carbocycles. The number of carbonyl (C=O) groups excluding carboxylic acids is 1. The molecule has 7 heteroatoms. The summed E-state index contributed by atoms with van der Waals surface area (Å²) in [4.78, 5) is 20.7. The number of benzene rings is 2. The molecule has 0 spiro atoms. The first-order valence-corrected chi connectivity index (χ1v) is 8.99. The predicted molar refractivity (Wildman–Crippen MR) is 108 cm³/mol. The molecule has 0 bridgehead atoms. The largest absolute Gasteiger partial charge is 0.487 e. The lowest BCUT2D eigenvalue weighted by Crippen LogP contribution is -2.25. The van der Waals surface area contributed by atoms with Crippen LogP contribution in [0.2, 0.25) is 0 Å². The molecule has 4 rings (SSSR count). The van der Waals surface area contributed by atoms with Gasteiger partial charge in [-0.1, -0.05) is 24.3 Å². The first kappa shape index (κ1) is 17.8. The van der Waals surface area contributed by atoms with Gasteiger partial charge in [-0.2, -0.15) is 5.10 Å². The van der Waals surface area contributed by atoms with Gasteiger partial charge >= 0.3 is 0 Å². The van der Waals surface area contributed by atoms with Crippen LogP contribution in [0.25, 0.3) is 22.6 Å². The first-order valence-electron chi connectivity index (χ1n) is 8.99. The van der Waals surface area contributed by atoms with Crippen molar-refractivity contribution in [3.05, 3.63) is 60.3 Å². The van der Waals surface area contributed by atoms with Gasteiger partial charge in [0.1, 0.15) is 11.4 Å². The summed E-state index contributed by atoms with van der Waals surface area (Å²) < 4.78 is 5.93. The number of aromatic nitrogens is 4. The summed E-state index contributed by atoms with van der Waals surface area (Å²) >= 11 is 0. The number of para-hydroxylation sites is 3. The second-order valence-electron chi connectivity index (χ2n) is 7.41. The third-order valence-corrected chi connectivity index (χ3v) is 4.05. The van der Waals surface area contributed by atoms with Crippen LogP contribution < -0.4 is 10.1 Å². The Morgan fingerprint density at radius 1 is 1.07 bits per heavy atom. The maximum absolute atomic E-state index is 12.9. The van der Waals surface area contributed by atoms with E-state index in [9.17, 15) is 4.79 Å². The minimum absolute atomic E-state index is 0.279. The molecule has 2 aromatic heterocycles. The highest BCUT2D eigenvalue weighted by Crippen LogP contribution is 2.28. The molecule has 3 N–H and O–H groups in total. The Labute approximate surface area is 162 Å². The van der Waals surface area contributed by atoms with Crippen molar-refractivity contribution in [2.45, 2.75) is 26.4 Å². The smallest absolute Gasteiger partial charge is 0.259 e. The molecule has 0 atom stereocenters. The standard InChI is InChI=1S/C21H21N5O2/c1-21(2,3)28-17-11-7-4-8-13(17)20(27)25-16-12-22-26-18(16)19-23-14-9-5-6-10-15(14)24-19/h4-12H,1-3H3,(H,22,26)(H,23,24)(H,25,27). The fourth-order valence-electron chi connectivity index (χ4n) is 2.89. The lowest BCUT2D eigenvalue weighted by atomic mass is 10.1. The summed E-state index contributed by atoms with van der Waals surface area (Å²) in [5, 5.41) is 9.94. The molecular formula is C21H21N5O2. The Balaban J connectivity index is 1.63. The molecule has 4 aromatic rings. The zero-order chi connectivity index (χ0) is 19.7. The Morgan fingerprint density at radius 2 is 1.82 bits per heavy atom. The number of ether oxygens (including phenoxy) is 1. The van der Waals surface area contributed by atoms with Gasteiger partial charge in [-0.25, -0.2) is 4.98 Å². The minimum Gasteiger partial charge on any atom is -0.487 e. The number of nitrogens with zero attached hydrogens (tertiary/aromatic N) is 2. The molecule has 0 fully saturated rings. The number of imidazole rings is 1. The summed E-state index contributed by atoms with van der Waals surface area (Å²) in [5.74, 6) is 0.830. The Bertz CT molecular complexity index is 1100. The number of rotatable bonds is 4. The molecule has 0 aliphatic heterocycles. The highest BCUT2D eigenvalue weighted by molar-refractivity contribution is 6.07. The van der Waals surface area contributed by atoms with E-state index in [1.54, 1.807) is 24.4 Å². The molecule has 0 saturated carbocycles. The van der Waals surface area contributed by atoms with E-state index in [-0.39, 0.29) is 5.91 Å². The second-order valence-corrected chi connectivity index (χ2v) is 7.41. The Hall–Kier alpha value is -3.61. The normalized spacial score (nSPS) is 11.5. The summed E-state index contributed by atoms with van der Waals surface area (Å²) in [6, 6.07) is 14.9. The maximum Gasteiger partial charge on any atom is 0.259 e. The molecule has 142 valence electrons. The van der Waals surface area contributed by atoms with Gasteiger partial charge in [-0.3, -0.25) is 9.89 Å². The molecule has 0 aliphatic rings. The summed E-state index contributed by atoms with van der Waals surface area (Å²) in [6.45, 7) is 5.83. The molecule has 0 saturated heterocycles. The van der Waals surface area contributed by atoms with Gasteiger partial charge in [-0.05, 0) is 45.0 Å². The SMILES string of the molecule is CC(C)(C)Oc1ccccc1C(=O)Nc1c[nH]nc1-c1nc2ccccc2[nH]1. The zero-order valence-electron chi connectivity index (χ0n) is 15.9. The van der Waals surface area contributed by atoms with Crippen LogP contribution >= 0.6 is 0 Å². The van der Waals surface area contributed by atoms with Crippen molar-refractivity contribution in [2.75, 3.05) is 5.32 Å². The van der Waals surface area contributed by atoms with E-state index in [4.69, 9.17) is 4.74 Å². The number of H-pyrrole nitrogens is 2. The fourth-order valence-corrected chi connectivity index (χ4v) is 2.89. The van der Waals surface area contributed by atoms with E-state index in [1.807, 2.05) is 51.1 Å². The van der Waals surface area contributed by atoms with Crippen molar-refractivity contribution in [1.29, 1.82) is 0 Å². The maximum atomic E-state index is 12.9. The van der Waals surface area contributed by atoms with Gasteiger partial charge in [0.05, 0.1) is 22.3 Å². The summed E-state index contributed by atoms with van der Waals surface area (Å²) in [6.07, 6.45) is 1.63. The second kappa shape index (κ2) is 6.84. The first-order chi connectivity index (χ1) is 13.4. The van der Waals surface area contributed by atoms with Gasteiger partial charge in [0.15, 0.2) is 11.5 Å². The molecular weight excluding hydrogens is 354 g/mol. The zero-order valence-corrected chi connectivity index (χ0v) is 15.9. The Kier molecular flexibility index (Phi) is 4.35. The van der Waals surface area contributed by atoms with Crippen LogP contribution in [0.3, 0.4) is 0 Å². The van der Waals surface area contributed by atoms with Crippen LogP contribution in [0.4, 0.5) is 5.69 Å². The van der Waals surface area contributed by atoms with Crippen molar-refractivity contribution in [1.82, 2.24) is 20.2 Å². The van der Waals surface area contributed by atoms with Gasteiger partial charge in [-0.15, -0.1) is 0 Å². The molecule has 7 nitrogen and oxygen atoms in total. The highest BCUT2D eigenvalue weighted by atomic mass is 16.5. The molecule has 2 heterocycles. The monoisotopic (exact) mass is 375 g/mol. The van der Waals surface area contributed by atoms with Gasteiger partial charge in [0, 0.05) is 6.20 Å². The lowest BCUT2D eigenvalue weighted by molar-refractivity contribution is 0.0999. The molecule has 1 amide bonds. The number of hydrogen-bond acceptors (Lipinski definition) is 4. The number of anilines is 1. The van der Waals surface area contributed by atoms with Crippen LogP contribution in [0, 0.1) is 0 Å². The van der Waals surface area contributed by atoms with Crippen molar-refractivity contribution < 1.29 is 9.53 Å². The number of hydrogen-bond donors (Lipinski definition) is 3. The third-order valence-electron chi connectivity index (χ3n) is 4.05. The topological polar surface area (TPSA) is 95.7 Å². The third kappa shape index (κ3) is 3.59. The highest BCUT2D eigenvalue weighted by Gasteiger charge is 2.20. The van der Waals surface area contributed by atoms with Crippen molar-refractivity contribution >= 4 is 22.6 Å². The van der Waals surface area contributed by atoms with Gasteiger partial charge in [0.2, 0.25) is 0 Å². The van der Waals surface area contributed by atoms with E-state index < -0.39 is 5.60 Å². The van der Waals surface area contributed by atoms with E-state index in [0.29, 0.717) is 28.5 Å². The molecule has 0 unspecified atom stereocenters. The molecule has 0 aliphatic carbocycles. The fraction of sp³-hybridized carbons (Fsp3) is 0.190. The van der Waals surface area contributed by atoms with E-state index in [1.165, 1.54) is 0 Å². The predicted octanol–water partition coefficient (Wildman–Crippen LogP) is 4.38. The van der Waals surface area contributed by atoms with Gasteiger partial charge in [0.25, 0.3) is 5.91 Å². The van der Waals surface area contributed by atoms with Crippen LogP contribution in [0.5, 0.6) is 5.75 Å². The van der Waals surface area contributed by atoms with Crippen molar-refractivity contribution in [2.24, 2.45) is 0 Å². The van der Waals surface area contributed by atoms with Crippen molar-refractivity contribution in [3.8, 4) is 17.3 Å². The van der Waals surface area contributed by atoms with Crippen LogP contribution in [0.1, 0.15) is 31.1 Å². The molecule has 0 radical (unpaired) electrons. The van der Waals surface area contributed by atoms with E-state index in [2.05, 4.69) is 25.5 Å². The van der Waals surface area contributed by atoms with Crippen LogP contribution in [-0.2, 0) is 0 Å². The minimum atomic E-state index is -0.411.